The molecule has 68 valence electrons. The average Bonchev–Trinajstić information content (AvgIpc) is 2.54. The predicted molar refractivity (Wildman–Crippen MR) is 51.4 cm³/mol. The van der Waals surface area contributed by atoms with Crippen molar-refractivity contribution in [3.05, 3.63) is 18.0 Å². The molecule has 0 aliphatic rings. The molecule has 1 aromatic rings. The Morgan fingerprint density at radius 1 is 1.85 bits per heavy atom. The van der Waals surface area contributed by atoms with Gasteiger partial charge in [-0.3, -0.25) is 0 Å². The third kappa shape index (κ3) is 2.24. The third-order valence-electron chi connectivity index (χ3n) is 1.37. The van der Waals surface area contributed by atoms with Crippen LogP contribution < -0.4 is 0 Å². The van der Waals surface area contributed by atoms with Crippen molar-refractivity contribution in [2.24, 2.45) is 4.99 Å². The van der Waals surface area contributed by atoms with Gasteiger partial charge in [0.1, 0.15) is 5.69 Å². The second-order valence-electron chi connectivity index (χ2n) is 2.16. The number of isothiocyanates is 1. The van der Waals surface area contributed by atoms with Crippen LogP contribution in [0.4, 0.5) is 5.69 Å². The number of aliphatic imine (C=N–C) groups is 1. The summed E-state index contributed by atoms with van der Waals surface area (Å²) in [5.74, 6) is -0.434. The Balaban J connectivity index is 2.93. The normalized spacial score (nSPS) is 9.00. The molecule has 1 aromatic heterocycles. The summed E-state index contributed by atoms with van der Waals surface area (Å²) >= 11 is 4.43. The van der Waals surface area contributed by atoms with E-state index in [9.17, 15) is 4.79 Å². The number of nitrogens with zero attached hydrogens (tertiary/aromatic N) is 1. The van der Waals surface area contributed by atoms with Crippen LogP contribution in [-0.2, 0) is 4.74 Å². The van der Waals surface area contributed by atoms with Crippen LogP contribution in [0.3, 0.4) is 0 Å². The van der Waals surface area contributed by atoms with Gasteiger partial charge in [0, 0.05) is 6.20 Å². The van der Waals surface area contributed by atoms with Crippen molar-refractivity contribution in [3.8, 4) is 0 Å². The highest BCUT2D eigenvalue weighted by Gasteiger charge is 2.12. The predicted octanol–water partition coefficient (Wildman–Crippen LogP) is 1.93. The zero-order chi connectivity index (χ0) is 9.68. The van der Waals surface area contributed by atoms with Crippen molar-refractivity contribution in [1.82, 2.24) is 4.98 Å². The van der Waals surface area contributed by atoms with E-state index < -0.39 is 5.97 Å². The van der Waals surface area contributed by atoms with Gasteiger partial charge in [-0.1, -0.05) is 0 Å². The van der Waals surface area contributed by atoms with Crippen LogP contribution >= 0.6 is 12.2 Å². The number of carbonyl (C=O) groups is 1. The maximum atomic E-state index is 11.2. The molecule has 0 fully saturated rings. The van der Waals surface area contributed by atoms with E-state index in [0.29, 0.717) is 18.0 Å². The summed E-state index contributed by atoms with van der Waals surface area (Å²) in [7, 11) is 0. The molecule has 0 saturated carbocycles. The molecule has 0 saturated heterocycles. The monoisotopic (exact) mass is 196 g/mol. The molecule has 0 aliphatic heterocycles. The zero-order valence-corrected chi connectivity index (χ0v) is 7.85. The van der Waals surface area contributed by atoms with Crippen molar-refractivity contribution < 1.29 is 9.53 Å². The fourth-order valence-electron chi connectivity index (χ4n) is 0.870. The number of ether oxygens (including phenoxy) is 1. The lowest BCUT2D eigenvalue weighted by molar-refractivity contribution is 0.0521. The Labute approximate surface area is 80.6 Å². The van der Waals surface area contributed by atoms with Gasteiger partial charge < -0.3 is 9.72 Å². The Bertz CT molecular complexity index is 353. The van der Waals surface area contributed by atoms with Gasteiger partial charge in [0.25, 0.3) is 0 Å². The van der Waals surface area contributed by atoms with Gasteiger partial charge in [0.2, 0.25) is 0 Å². The zero-order valence-electron chi connectivity index (χ0n) is 7.03. The molecular formula is C8H8N2O2S. The lowest BCUT2D eigenvalue weighted by Crippen LogP contribution is -2.04. The average molecular weight is 196 g/mol. The molecule has 0 unspecified atom stereocenters. The molecule has 0 aliphatic carbocycles. The molecule has 1 N–H and O–H groups in total. The lowest BCUT2D eigenvalue weighted by Gasteiger charge is -1.98. The number of carbonyl (C=O) groups excluding carboxylic acids is 1. The van der Waals surface area contributed by atoms with Crippen molar-refractivity contribution in [3.63, 3.8) is 0 Å². The van der Waals surface area contributed by atoms with Gasteiger partial charge in [-0.05, 0) is 25.2 Å². The molecule has 1 heterocycles. The molecule has 4 nitrogen and oxygen atoms in total. The van der Waals surface area contributed by atoms with Crippen molar-refractivity contribution in [1.29, 1.82) is 0 Å². The van der Waals surface area contributed by atoms with Gasteiger partial charge >= 0.3 is 5.97 Å². The first kappa shape index (κ1) is 9.64. The Morgan fingerprint density at radius 2 is 2.62 bits per heavy atom. The highest BCUT2D eigenvalue weighted by atomic mass is 32.1. The largest absolute Gasteiger partial charge is 0.461 e. The van der Waals surface area contributed by atoms with Gasteiger partial charge in [-0.25, -0.2) is 4.79 Å². The number of hydrogen-bond donors (Lipinski definition) is 1. The molecular weight excluding hydrogens is 188 g/mol. The molecule has 13 heavy (non-hydrogen) atoms. The molecule has 0 aromatic carbocycles. The standard InChI is InChI=1S/C8H8N2O2S/c1-2-12-8(11)7-6(10-5-13)3-4-9-7/h3-4,9H,2H2,1H3. The molecule has 0 amide bonds. The molecule has 5 heteroatoms. The molecule has 0 atom stereocenters. The number of H-pyrrole nitrogens is 1. The van der Waals surface area contributed by atoms with Crippen LogP contribution in [0, 0.1) is 0 Å². The Morgan fingerprint density at radius 3 is 3.23 bits per heavy atom. The second kappa shape index (κ2) is 4.54. The molecule has 0 bridgehead atoms. The molecule has 1 rings (SSSR count). The lowest BCUT2D eigenvalue weighted by atomic mass is 10.4. The van der Waals surface area contributed by atoms with Crippen LogP contribution in [0.5, 0.6) is 0 Å². The number of nitrogens with one attached hydrogen (secondary N) is 1. The van der Waals surface area contributed by atoms with E-state index in [1.165, 1.54) is 0 Å². The molecule has 0 radical (unpaired) electrons. The second-order valence-corrected chi connectivity index (χ2v) is 2.34. The highest BCUT2D eigenvalue weighted by Crippen LogP contribution is 2.17. The number of thiocarbonyl (C=S) groups is 1. The number of hydrogen-bond acceptors (Lipinski definition) is 4. The van der Waals surface area contributed by atoms with E-state index >= 15 is 0 Å². The van der Waals surface area contributed by atoms with E-state index in [1.54, 1.807) is 19.2 Å². The van der Waals surface area contributed by atoms with Crippen LogP contribution in [0.25, 0.3) is 0 Å². The summed E-state index contributed by atoms with van der Waals surface area (Å²) in [6.07, 6.45) is 1.60. The van der Waals surface area contributed by atoms with Crippen molar-refractivity contribution in [2.75, 3.05) is 6.61 Å². The first-order valence-corrected chi connectivity index (χ1v) is 4.12. The summed E-state index contributed by atoms with van der Waals surface area (Å²) in [5, 5.41) is 2.19. The van der Waals surface area contributed by atoms with Gasteiger partial charge in [0.05, 0.1) is 11.8 Å². The summed E-state index contributed by atoms with van der Waals surface area (Å²) in [6.45, 7) is 2.07. The summed E-state index contributed by atoms with van der Waals surface area (Å²) in [6, 6.07) is 1.63. The summed E-state index contributed by atoms with van der Waals surface area (Å²) in [5.41, 5.74) is 0.757. The summed E-state index contributed by atoms with van der Waals surface area (Å²) < 4.78 is 4.78. The van der Waals surface area contributed by atoms with Crippen molar-refractivity contribution >= 4 is 29.0 Å². The quantitative estimate of drug-likeness (QED) is 0.456. The number of esters is 1. The van der Waals surface area contributed by atoms with E-state index in [4.69, 9.17) is 4.74 Å². The minimum atomic E-state index is -0.434. The maximum Gasteiger partial charge on any atom is 0.357 e. The minimum Gasteiger partial charge on any atom is -0.461 e. The minimum absolute atomic E-state index is 0.305. The van der Waals surface area contributed by atoms with Crippen molar-refractivity contribution in [2.45, 2.75) is 6.92 Å². The fraction of sp³-hybridized carbons (Fsp3) is 0.250. The smallest absolute Gasteiger partial charge is 0.357 e. The van der Waals surface area contributed by atoms with E-state index in [1.807, 2.05) is 0 Å². The van der Waals surface area contributed by atoms with E-state index in [2.05, 4.69) is 27.4 Å². The van der Waals surface area contributed by atoms with Crippen LogP contribution in [0.15, 0.2) is 17.3 Å². The maximum absolute atomic E-state index is 11.2. The Kier molecular flexibility index (Phi) is 3.37. The highest BCUT2D eigenvalue weighted by molar-refractivity contribution is 7.78. The van der Waals surface area contributed by atoms with Crippen LogP contribution in [0.2, 0.25) is 0 Å². The number of aromatic amines is 1. The number of aromatic nitrogens is 1. The van der Waals surface area contributed by atoms with Crippen LogP contribution in [-0.4, -0.2) is 22.7 Å². The SMILES string of the molecule is CCOC(=O)c1[nH]ccc1N=C=S. The van der Waals surface area contributed by atoms with E-state index in [-0.39, 0.29) is 0 Å². The number of rotatable bonds is 3. The topological polar surface area (TPSA) is 54.5 Å². The van der Waals surface area contributed by atoms with Gasteiger partial charge in [0.15, 0.2) is 5.69 Å². The summed E-state index contributed by atoms with van der Waals surface area (Å²) in [4.78, 5) is 17.6. The molecule has 0 spiro atoms. The van der Waals surface area contributed by atoms with E-state index in [0.717, 1.165) is 0 Å². The van der Waals surface area contributed by atoms with Crippen LogP contribution in [0.1, 0.15) is 17.4 Å². The third-order valence-corrected chi connectivity index (χ3v) is 1.46. The first-order valence-electron chi connectivity index (χ1n) is 3.72. The first-order chi connectivity index (χ1) is 6.29. The van der Waals surface area contributed by atoms with Gasteiger partial charge in [-0.2, -0.15) is 4.99 Å². The van der Waals surface area contributed by atoms with Gasteiger partial charge in [-0.15, -0.1) is 0 Å². The fourth-order valence-corrected chi connectivity index (χ4v) is 0.969. The Hall–Kier alpha value is -1.45.